The monoisotopic (exact) mass is 363 g/mol. The van der Waals surface area contributed by atoms with Crippen molar-refractivity contribution in [3.63, 3.8) is 0 Å². The summed E-state index contributed by atoms with van der Waals surface area (Å²) in [5.41, 5.74) is 1.35. The molecular weight excluding hydrogens is 342 g/mol. The molecule has 0 heterocycles. The predicted molar refractivity (Wildman–Crippen MR) is 103 cm³/mol. The number of nitrogens with one attached hydrogen (secondary N) is 1. The summed E-state index contributed by atoms with van der Waals surface area (Å²) in [6.45, 7) is 0.988. The minimum Gasteiger partial charge on any atom is -0.447 e. The molecule has 0 aromatic heterocycles. The van der Waals surface area contributed by atoms with Crippen LogP contribution >= 0.6 is 0 Å². The van der Waals surface area contributed by atoms with Gasteiger partial charge in [-0.25, -0.2) is 0 Å². The second-order valence-corrected chi connectivity index (χ2v) is 6.25. The standard InChI is InChI=1S/C22H21NO4/c1-15(25)27-21(17-8-3-2-4-9-17)22(26)23-20(14-24)19-12-11-16-7-5-6-10-18(16)13-19/h2-13,20-21,24H,14H2,1H3,(H,23,26)/t20?,21-/m0/s1. The van der Waals surface area contributed by atoms with Crippen molar-refractivity contribution in [2.24, 2.45) is 0 Å². The molecule has 138 valence electrons. The van der Waals surface area contributed by atoms with Crippen molar-refractivity contribution in [2.75, 3.05) is 6.61 Å². The van der Waals surface area contributed by atoms with E-state index < -0.39 is 24.0 Å². The summed E-state index contributed by atoms with van der Waals surface area (Å²) >= 11 is 0. The maximum Gasteiger partial charge on any atom is 0.303 e. The van der Waals surface area contributed by atoms with Gasteiger partial charge in [-0.3, -0.25) is 9.59 Å². The lowest BCUT2D eigenvalue weighted by Gasteiger charge is -2.22. The molecule has 5 heteroatoms. The average Bonchev–Trinajstić information content (AvgIpc) is 2.70. The molecule has 5 nitrogen and oxygen atoms in total. The Hall–Kier alpha value is -3.18. The Labute approximate surface area is 157 Å². The summed E-state index contributed by atoms with van der Waals surface area (Å²) in [5.74, 6) is -1.03. The van der Waals surface area contributed by atoms with Crippen LogP contribution in [0.25, 0.3) is 10.8 Å². The van der Waals surface area contributed by atoms with Crippen LogP contribution in [0.2, 0.25) is 0 Å². The molecule has 0 aliphatic rings. The number of hydrogen-bond donors (Lipinski definition) is 2. The van der Waals surface area contributed by atoms with Crippen LogP contribution in [0.15, 0.2) is 72.8 Å². The van der Waals surface area contributed by atoms with E-state index in [4.69, 9.17) is 4.74 Å². The van der Waals surface area contributed by atoms with Crippen LogP contribution < -0.4 is 5.32 Å². The number of carbonyl (C=O) groups excluding carboxylic acids is 2. The molecule has 0 bridgehead atoms. The fourth-order valence-electron chi connectivity index (χ4n) is 2.97. The maximum absolute atomic E-state index is 12.8. The first-order chi connectivity index (χ1) is 13.1. The fraction of sp³-hybridized carbons (Fsp3) is 0.182. The Morgan fingerprint density at radius 2 is 1.59 bits per heavy atom. The number of rotatable bonds is 6. The van der Waals surface area contributed by atoms with Gasteiger partial charge in [0.15, 0.2) is 0 Å². The number of ether oxygens (including phenoxy) is 1. The molecule has 0 aliphatic heterocycles. The summed E-state index contributed by atoms with van der Waals surface area (Å²) in [4.78, 5) is 24.2. The van der Waals surface area contributed by atoms with Crippen LogP contribution in [0.3, 0.4) is 0 Å². The summed E-state index contributed by atoms with van der Waals surface area (Å²) in [7, 11) is 0. The van der Waals surface area contributed by atoms with Gasteiger partial charge in [-0.2, -0.15) is 0 Å². The Morgan fingerprint density at radius 3 is 2.26 bits per heavy atom. The molecule has 1 amide bonds. The first kappa shape index (κ1) is 18.6. The van der Waals surface area contributed by atoms with E-state index in [-0.39, 0.29) is 6.61 Å². The van der Waals surface area contributed by atoms with Gasteiger partial charge in [-0.1, -0.05) is 66.7 Å². The van der Waals surface area contributed by atoms with Crippen LogP contribution in [0.4, 0.5) is 0 Å². The molecule has 27 heavy (non-hydrogen) atoms. The number of esters is 1. The molecule has 2 atom stereocenters. The van der Waals surface area contributed by atoms with E-state index in [1.165, 1.54) is 6.92 Å². The number of amides is 1. The van der Waals surface area contributed by atoms with E-state index in [1.807, 2.05) is 48.5 Å². The Morgan fingerprint density at radius 1 is 0.926 bits per heavy atom. The summed E-state index contributed by atoms with van der Waals surface area (Å²) in [5, 5.41) is 14.7. The van der Waals surface area contributed by atoms with Crippen molar-refractivity contribution in [2.45, 2.75) is 19.1 Å². The lowest BCUT2D eigenvalue weighted by molar-refractivity contribution is -0.154. The Bertz CT molecular complexity index is 939. The Balaban J connectivity index is 1.84. The summed E-state index contributed by atoms with van der Waals surface area (Å²) in [6, 6.07) is 21.8. The lowest BCUT2D eigenvalue weighted by Crippen LogP contribution is -2.36. The van der Waals surface area contributed by atoms with Gasteiger partial charge < -0.3 is 15.2 Å². The third-order valence-corrected chi connectivity index (χ3v) is 4.30. The van der Waals surface area contributed by atoms with Crippen molar-refractivity contribution in [3.05, 3.63) is 83.9 Å². The van der Waals surface area contributed by atoms with Gasteiger partial charge in [0.05, 0.1) is 12.6 Å². The molecule has 0 fully saturated rings. The molecule has 0 saturated heterocycles. The fourth-order valence-corrected chi connectivity index (χ4v) is 2.97. The molecule has 3 aromatic carbocycles. The molecule has 2 N–H and O–H groups in total. The minimum absolute atomic E-state index is 0.272. The smallest absolute Gasteiger partial charge is 0.303 e. The number of aliphatic hydroxyl groups excluding tert-OH is 1. The lowest BCUT2D eigenvalue weighted by atomic mass is 10.0. The van der Waals surface area contributed by atoms with E-state index in [0.717, 1.165) is 16.3 Å². The second-order valence-electron chi connectivity index (χ2n) is 6.25. The van der Waals surface area contributed by atoms with Crippen molar-refractivity contribution < 1.29 is 19.4 Å². The number of hydrogen-bond acceptors (Lipinski definition) is 4. The van der Waals surface area contributed by atoms with Crippen LogP contribution in [0.5, 0.6) is 0 Å². The highest BCUT2D eigenvalue weighted by Crippen LogP contribution is 2.23. The molecule has 0 spiro atoms. The molecule has 0 radical (unpaired) electrons. The third-order valence-electron chi connectivity index (χ3n) is 4.30. The maximum atomic E-state index is 12.8. The minimum atomic E-state index is -1.07. The molecule has 3 aromatic rings. The highest BCUT2D eigenvalue weighted by Gasteiger charge is 2.26. The number of carbonyl (C=O) groups is 2. The third kappa shape index (κ3) is 4.51. The van der Waals surface area contributed by atoms with Crippen molar-refractivity contribution in [3.8, 4) is 0 Å². The number of benzene rings is 3. The summed E-state index contributed by atoms with van der Waals surface area (Å²) in [6.07, 6.45) is -1.07. The van der Waals surface area contributed by atoms with Gasteiger partial charge >= 0.3 is 5.97 Å². The zero-order valence-corrected chi connectivity index (χ0v) is 15.0. The first-order valence-electron chi connectivity index (χ1n) is 8.70. The van der Waals surface area contributed by atoms with E-state index in [1.54, 1.807) is 24.3 Å². The zero-order chi connectivity index (χ0) is 19.2. The number of fused-ring (bicyclic) bond motifs is 1. The van der Waals surface area contributed by atoms with Gasteiger partial charge in [-0.05, 0) is 22.4 Å². The average molecular weight is 363 g/mol. The van der Waals surface area contributed by atoms with Gasteiger partial charge in [0.25, 0.3) is 5.91 Å². The van der Waals surface area contributed by atoms with E-state index in [2.05, 4.69) is 5.32 Å². The highest BCUT2D eigenvalue weighted by atomic mass is 16.5. The van der Waals surface area contributed by atoms with E-state index >= 15 is 0 Å². The van der Waals surface area contributed by atoms with Crippen LogP contribution in [0, 0.1) is 0 Å². The molecule has 1 unspecified atom stereocenters. The molecule has 3 rings (SSSR count). The van der Waals surface area contributed by atoms with Crippen molar-refractivity contribution in [1.82, 2.24) is 5.32 Å². The molecule has 0 aliphatic carbocycles. The molecular formula is C22H21NO4. The largest absolute Gasteiger partial charge is 0.447 e. The SMILES string of the molecule is CC(=O)O[C@H](C(=O)NC(CO)c1ccc2ccccc2c1)c1ccccc1. The zero-order valence-electron chi connectivity index (χ0n) is 15.0. The topological polar surface area (TPSA) is 75.6 Å². The quantitative estimate of drug-likeness (QED) is 0.659. The van der Waals surface area contributed by atoms with Crippen LogP contribution in [0.1, 0.15) is 30.2 Å². The predicted octanol–water partition coefficient (Wildman–Crippen LogP) is 3.29. The highest BCUT2D eigenvalue weighted by molar-refractivity contribution is 5.86. The van der Waals surface area contributed by atoms with Crippen LogP contribution in [-0.2, 0) is 14.3 Å². The van der Waals surface area contributed by atoms with Gasteiger partial charge in [0.1, 0.15) is 0 Å². The number of aliphatic hydroxyl groups is 1. The normalized spacial score (nSPS) is 13.0. The van der Waals surface area contributed by atoms with Gasteiger partial charge in [-0.15, -0.1) is 0 Å². The van der Waals surface area contributed by atoms with Gasteiger partial charge in [0.2, 0.25) is 6.10 Å². The van der Waals surface area contributed by atoms with Crippen LogP contribution in [-0.4, -0.2) is 23.6 Å². The van der Waals surface area contributed by atoms with E-state index in [0.29, 0.717) is 5.56 Å². The van der Waals surface area contributed by atoms with Crippen molar-refractivity contribution in [1.29, 1.82) is 0 Å². The van der Waals surface area contributed by atoms with E-state index in [9.17, 15) is 14.7 Å². The van der Waals surface area contributed by atoms with Crippen molar-refractivity contribution >= 4 is 22.6 Å². The second kappa shape index (κ2) is 8.47. The molecule has 0 saturated carbocycles. The van der Waals surface area contributed by atoms with Gasteiger partial charge in [0, 0.05) is 12.5 Å². The first-order valence-corrected chi connectivity index (χ1v) is 8.70. The summed E-state index contributed by atoms with van der Waals surface area (Å²) < 4.78 is 5.22. The Kier molecular flexibility index (Phi) is 5.84.